The maximum absolute atomic E-state index is 14.0. The second-order valence-electron chi connectivity index (χ2n) is 5.66. The van der Waals surface area contributed by atoms with Crippen LogP contribution in [0, 0.1) is 11.2 Å². The molecule has 0 saturated carbocycles. The minimum atomic E-state index is -0.696. The Hall–Kier alpha value is -1.69. The van der Waals surface area contributed by atoms with Gasteiger partial charge >= 0.3 is 0 Å². The predicted octanol–water partition coefficient (Wildman–Crippen LogP) is 1.77. The van der Waals surface area contributed by atoms with Gasteiger partial charge in [-0.2, -0.15) is 0 Å². The Morgan fingerprint density at radius 1 is 1.58 bits per heavy atom. The molecule has 0 spiro atoms. The number of pyridine rings is 1. The van der Waals surface area contributed by atoms with Gasteiger partial charge in [0, 0.05) is 19.3 Å². The van der Waals surface area contributed by atoms with Gasteiger partial charge in [0.15, 0.2) is 11.6 Å². The van der Waals surface area contributed by atoms with E-state index in [9.17, 15) is 9.18 Å². The van der Waals surface area contributed by atoms with Gasteiger partial charge in [-0.1, -0.05) is 13.8 Å². The highest BCUT2D eigenvalue weighted by Gasteiger charge is 2.31. The number of rotatable bonds is 2. The van der Waals surface area contributed by atoms with E-state index in [4.69, 9.17) is 5.84 Å². The highest BCUT2D eigenvalue weighted by Crippen LogP contribution is 2.29. The number of hydrazine groups is 1. The molecule has 0 bridgehead atoms. The van der Waals surface area contributed by atoms with E-state index in [1.165, 1.54) is 12.3 Å². The molecule has 1 aliphatic rings. The molecule has 1 aliphatic heterocycles. The summed E-state index contributed by atoms with van der Waals surface area (Å²) in [6.07, 6.45) is 3.39. The van der Waals surface area contributed by atoms with Crippen LogP contribution in [-0.2, 0) is 0 Å². The molecule has 0 aliphatic carbocycles. The lowest BCUT2D eigenvalue weighted by Crippen LogP contribution is -2.43. The number of piperidine rings is 1. The average Bonchev–Trinajstić information content (AvgIpc) is 2.37. The Labute approximate surface area is 112 Å². The fraction of sp³-hybridized carbons (Fsp3) is 0.538. The van der Waals surface area contributed by atoms with Gasteiger partial charge in [0.2, 0.25) is 0 Å². The molecule has 0 unspecified atom stereocenters. The molecule has 2 rings (SSSR count). The molecule has 1 saturated heterocycles. The lowest BCUT2D eigenvalue weighted by molar-refractivity contribution is 0.0579. The molecule has 1 fully saturated rings. The van der Waals surface area contributed by atoms with Crippen molar-refractivity contribution < 1.29 is 9.18 Å². The third-order valence-electron chi connectivity index (χ3n) is 3.44. The Balaban J connectivity index is 2.25. The van der Waals surface area contributed by atoms with Crippen LogP contribution in [0.2, 0.25) is 0 Å². The monoisotopic (exact) mass is 266 g/mol. The van der Waals surface area contributed by atoms with E-state index >= 15 is 0 Å². The third kappa shape index (κ3) is 2.84. The second-order valence-corrected chi connectivity index (χ2v) is 5.66. The standard InChI is InChI=1S/C13H19FN4O/c1-13(2)5-3-7-18(8-13)12(19)9-4-6-16-11(17-15)10(9)14/h4,6H,3,5,7-8,15H2,1-2H3,(H,16,17). The quantitative estimate of drug-likeness (QED) is 0.632. The molecule has 19 heavy (non-hydrogen) atoms. The highest BCUT2D eigenvalue weighted by molar-refractivity contribution is 5.95. The van der Waals surface area contributed by atoms with Gasteiger partial charge in [0.1, 0.15) is 0 Å². The van der Waals surface area contributed by atoms with Crippen LogP contribution in [0.5, 0.6) is 0 Å². The van der Waals surface area contributed by atoms with Crippen LogP contribution in [0.3, 0.4) is 0 Å². The number of nitrogens with zero attached hydrogens (tertiary/aromatic N) is 2. The van der Waals surface area contributed by atoms with Crippen molar-refractivity contribution >= 4 is 11.7 Å². The Morgan fingerprint density at radius 3 is 2.95 bits per heavy atom. The summed E-state index contributed by atoms with van der Waals surface area (Å²) in [6.45, 7) is 5.53. The molecule has 1 aromatic heterocycles. The SMILES string of the molecule is CC1(C)CCCN(C(=O)c2ccnc(NN)c2F)C1. The van der Waals surface area contributed by atoms with Crippen LogP contribution in [0.25, 0.3) is 0 Å². The molecule has 104 valence electrons. The Bertz CT molecular complexity index is 490. The van der Waals surface area contributed by atoms with Gasteiger partial charge in [-0.25, -0.2) is 15.2 Å². The van der Waals surface area contributed by atoms with Crippen molar-refractivity contribution in [3.8, 4) is 0 Å². The van der Waals surface area contributed by atoms with E-state index in [2.05, 4.69) is 24.3 Å². The Kier molecular flexibility index (Phi) is 3.71. The molecular formula is C13H19FN4O. The fourth-order valence-corrected chi connectivity index (χ4v) is 2.48. The van der Waals surface area contributed by atoms with E-state index in [-0.39, 0.29) is 22.7 Å². The number of likely N-dealkylation sites (tertiary alicyclic amines) is 1. The van der Waals surface area contributed by atoms with Gasteiger partial charge in [-0.05, 0) is 24.3 Å². The summed E-state index contributed by atoms with van der Waals surface area (Å²) in [4.78, 5) is 17.8. The average molecular weight is 266 g/mol. The highest BCUT2D eigenvalue weighted by atomic mass is 19.1. The van der Waals surface area contributed by atoms with Crippen molar-refractivity contribution in [2.24, 2.45) is 11.3 Å². The third-order valence-corrected chi connectivity index (χ3v) is 3.44. The van der Waals surface area contributed by atoms with E-state index in [0.717, 1.165) is 12.8 Å². The Morgan fingerprint density at radius 2 is 2.32 bits per heavy atom. The van der Waals surface area contributed by atoms with Gasteiger partial charge in [-0.3, -0.25) is 4.79 Å². The van der Waals surface area contributed by atoms with Crippen LogP contribution >= 0.6 is 0 Å². The normalized spacial score (nSPS) is 18.2. The summed E-state index contributed by atoms with van der Waals surface area (Å²) < 4.78 is 14.0. The number of hydrogen-bond donors (Lipinski definition) is 2. The predicted molar refractivity (Wildman–Crippen MR) is 70.9 cm³/mol. The number of nitrogens with one attached hydrogen (secondary N) is 1. The number of halogens is 1. The summed E-state index contributed by atoms with van der Waals surface area (Å²) in [6, 6.07) is 1.39. The molecule has 3 N–H and O–H groups in total. The molecule has 1 amide bonds. The second kappa shape index (κ2) is 5.13. The molecule has 0 atom stereocenters. The summed E-state index contributed by atoms with van der Waals surface area (Å²) in [5, 5.41) is 0. The molecule has 2 heterocycles. The first-order chi connectivity index (χ1) is 8.94. The van der Waals surface area contributed by atoms with Crippen LogP contribution < -0.4 is 11.3 Å². The number of nitrogen functional groups attached to an aromatic ring is 1. The summed E-state index contributed by atoms with van der Waals surface area (Å²) in [5.74, 6) is 4.06. The number of hydrogen-bond acceptors (Lipinski definition) is 4. The van der Waals surface area contributed by atoms with Crippen molar-refractivity contribution in [1.82, 2.24) is 9.88 Å². The fourth-order valence-electron chi connectivity index (χ4n) is 2.48. The zero-order valence-electron chi connectivity index (χ0n) is 11.2. The van der Waals surface area contributed by atoms with Crippen molar-refractivity contribution in [1.29, 1.82) is 0 Å². The summed E-state index contributed by atoms with van der Waals surface area (Å²) >= 11 is 0. The first-order valence-electron chi connectivity index (χ1n) is 6.35. The number of aromatic nitrogens is 1. The molecule has 1 aromatic rings. The largest absolute Gasteiger partial charge is 0.338 e. The topological polar surface area (TPSA) is 71.2 Å². The van der Waals surface area contributed by atoms with E-state index in [0.29, 0.717) is 13.1 Å². The molecule has 0 radical (unpaired) electrons. The minimum Gasteiger partial charge on any atom is -0.338 e. The smallest absolute Gasteiger partial charge is 0.257 e. The number of nitrogens with two attached hydrogens (primary N) is 1. The number of carbonyl (C=O) groups excluding carboxylic acids is 1. The molecule has 6 heteroatoms. The van der Waals surface area contributed by atoms with E-state index < -0.39 is 5.82 Å². The molecule has 5 nitrogen and oxygen atoms in total. The maximum atomic E-state index is 14.0. The molecule has 0 aromatic carbocycles. The van der Waals surface area contributed by atoms with Gasteiger partial charge < -0.3 is 10.3 Å². The first-order valence-corrected chi connectivity index (χ1v) is 6.35. The number of carbonyl (C=O) groups is 1. The first kappa shape index (κ1) is 13.7. The van der Waals surface area contributed by atoms with E-state index in [1.54, 1.807) is 4.90 Å². The van der Waals surface area contributed by atoms with Crippen LogP contribution in [0.15, 0.2) is 12.3 Å². The summed E-state index contributed by atoms with van der Waals surface area (Å²) in [7, 11) is 0. The number of amides is 1. The lowest BCUT2D eigenvalue weighted by Gasteiger charge is -2.38. The summed E-state index contributed by atoms with van der Waals surface area (Å²) in [5.41, 5.74) is 2.24. The minimum absolute atomic E-state index is 0.0145. The lowest BCUT2D eigenvalue weighted by atomic mass is 9.84. The van der Waals surface area contributed by atoms with Crippen molar-refractivity contribution in [3.05, 3.63) is 23.6 Å². The zero-order valence-corrected chi connectivity index (χ0v) is 11.2. The van der Waals surface area contributed by atoms with Crippen molar-refractivity contribution in [2.45, 2.75) is 26.7 Å². The van der Waals surface area contributed by atoms with Gasteiger partial charge in [-0.15, -0.1) is 0 Å². The van der Waals surface area contributed by atoms with Gasteiger partial charge in [0.05, 0.1) is 5.56 Å². The zero-order chi connectivity index (χ0) is 14.0. The van der Waals surface area contributed by atoms with E-state index in [1.807, 2.05) is 0 Å². The van der Waals surface area contributed by atoms with Gasteiger partial charge in [0.25, 0.3) is 5.91 Å². The van der Waals surface area contributed by atoms with Crippen LogP contribution in [0.1, 0.15) is 37.0 Å². The van der Waals surface area contributed by atoms with Crippen LogP contribution in [0.4, 0.5) is 10.2 Å². The number of anilines is 1. The van der Waals surface area contributed by atoms with Crippen LogP contribution in [-0.4, -0.2) is 28.9 Å². The maximum Gasteiger partial charge on any atom is 0.257 e. The van der Waals surface area contributed by atoms with Crippen molar-refractivity contribution in [3.63, 3.8) is 0 Å². The molecular weight excluding hydrogens is 247 g/mol. The van der Waals surface area contributed by atoms with Crippen molar-refractivity contribution in [2.75, 3.05) is 18.5 Å².